The molecule has 0 N–H and O–H groups in total. The van der Waals surface area contributed by atoms with Crippen molar-refractivity contribution in [1.29, 1.82) is 0 Å². The van der Waals surface area contributed by atoms with E-state index in [0.29, 0.717) is 16.5 Å². The van der Waals surface area contributed by atoms with Gasteiger partial charge < -0.3 is 0 Å². The van der Waals surface area contributed by atoms with Crippen molar-refractivity contribution >= 4 is 31.7 Å². The number of hydrogen-bond donors (Lipinski definition) is 0. The van der Waals surface area contributed by atoms with Crippen LogP contribution in [0.1, 0.15) is 26.3 Å². The van der Waals surface area contributed by atoms with E-state index in [9.17, 15) is 8.42 Å². The van der Waals surface area contributed by atoms with Gasteiger partial charge in [0.15, 0.2) is 0 Å². The van der Waals surface area contributed by atoms with E-state index in [1.807, 2.05) is 19.1 Å². The molecule has 0 saturated heterocycles. The van der Waals surface area contributed by atoms with Gasteiger partial charge in [0, 0.05) is 16.3 Å². The maximum atomic E-state index is 12.0. The minimum Gasteiger partial charge on any atom is -0.199 e. The van der Waals surface area contributed by atoms with E-state index < -0.39 is 10.0 Å². The van der Waals surface area contributed by atoms with Crippen molar-refractivity contribution in [2.75, 3.05) is 0 Å². The summed E-state index contributed by atoms with van der Waals surface area (Å²) in [6.45, 7) is 6.19. The zero-order chi connectivity index (χ0) is 13.5. The molecule has 18 heavy (non-hydrogen) atoms. The zero-order valence-corrected chi connectivity index (χ0v) is 13.0. The van der Waals surface area contributed by atoms with Crippen molar-refractivity contribution < 1.29 is 8.42 Å². The molecular formula is C13H16BrNO2S. The Balaban J connectivity index is 2.60. The number of benzene rings is 1. The van der Waals surface area contributed by atoms with Crippen molar-refractivity contribution in [3.05, 3.63) is 29.8 Å². The quantitative estimate of drug-likeness (QED) is 0.799. The van der Waals surface area contributed by atoms with E-state index in [1.165, 1.54) is 0 Å². The molecule has 1 heterocycles. The maximum Gasteiger partial charge on any atom is 0.283 e. The van der Waals surface area contributed by atoms with Crippen molar-refractivity contribution in [1.82, 2.24) is 0 Å². The van der Waals surface area contributed by atoms with E-state index in [4.69, 9.17) is 0 Å². The molecule has 1 aliphatic heterocycles. The van der Waals surface area contributed by atoms with Crippen molar-refractivity contribution in [2.24, 2.45) is 16.2 Å². The number of sulfonamides is 1. The Morgan fingerprint density at radius 2 is 1.78 bits per heavy atom. The fourth-order valence-electron chi connectivity index (χ4n) is 2.44. The van der Waals surface area contributed by atoms with Gasteiger partial charge in [0.25, 0.3) is 10.0 Å². The highest BCUT2D eigenvalue weighted by Gasteiger charge is 2.35. The summed E-state index contributed by atoms with van der Waals surface area (Å²) < 4.78 is 28.0. The highest BCUT2D eigenvalue weighted by atomic mass is 79.9. The van der Waals surface area contributed by atoms with Gasteiger partial charge >= 0.3 is 0 Å². The smallest absolute Gasteiger partial charge is 0.199 e. The van der Waals surface area contributed by atoms with Gasteiger partial charge in [0.1, 0.15) is 0 Å². The minimum atomic E-state index is -3.50. The fraction of sp³-hybridized carbons (Fsp3) is 0.462. The first-order valence-corrected chi connectivity index (χ1v) is 8.28. The van der Waals surface area contributed by atoms with Gasteiger partial charge in [0.05, 0.1) is 10.6 Å². The second-order valence-corrected chi connectivity index (χ2v) is 7.91. The summed E-state index contributed by atoms with van der Waals surface area (Å²) in [5, 5.41) is 0. The van der Waals surface area contributed by atoms with Crippen LogP contribution in [0.5, 0.6) is 0 Å². The van der Waals surface area contributed by atoms with Crippen LogP contribution in [-0.4, -0.2) is 19.0 Å². The normalized spacial score (nSPS) is 20.4. The molecule has 2 rings (SSSR count). The molecule has 1 aromatic rings. The average molecular weight is 330 g/mol. The average Bonchev–Trinajstić information content (AvgIpc) is 2.51. The molecule has 3 nitrogen and oxygen atoms in total. The molecule has 1 aromatic carbocycles. The summed E-state index contributed by atoms with van der Waals surface area (Å²) in [4.78, 5) is 0.511. The van der Waals surface area contributed by atoms with Crippen LogP contribution >= 0.6 is 15.9 Å². The predicted octanol–water partition coefficient (Wildman–Crippen LogP) is 3.23. The third-order valence-electron chi connectivity index (χ3n) is 3.19. The van der Waals surface area contributed by atoms with Crippen LogP contribution in [0, 0.1) is 11.8 Å². The number of hydrogen-bond acceptors (Lipinski definition) is 2. The van der Waals surface area contributed by atoms with E-state index >= 15 is 0 Å². The largest absolute Gasteiger partial charge is 0.283 e. The Kier molecular flexibility index (Phi) is 3.65. The first kappa shape index (κ1) is 13.7. The summed E-state index contributed by atoms with van der Waals surface area (Å²) >= 11 is 3.57. The maximum absolute atomic E-state index is 12.0. The van der Waals surface area contributed by atoms with Crippen molar-refractivity contribution in [2.45, 2.75) is 30.5 Å². The molecule has 98 valence electrons. The highest BCUT2D eigenvalue weighted by molar-refractivity contribution is 9.09. The lowest BCUT2D eigenvalue weighted by Gasteiger charge is -2.23. The van der Waals surface area contributed by atoms with Gasteiger partial charge in [-0.3, -0.25) is 0 Å². The molecule has 0 aromatic heterocycles. The Hall–Kier alpha value is -0.680. The number of rotatable bonds is 3. The van der Waals surface area contributed by atoms with Gasteiger partial charge in [-0.1, -0.05) is 54.9 Å². The lowest BCUT2D eigenvalue weighted by molar-refractivity contribution is 0.495. The topological polar surface area (TPSA) is 46.5 Å². The first-order valence-electron chi connectivity index (χ1n) is 5.93. The standard InChI is InChI=1S/C13H16BrNO2S/c1-8(2)12(9(3)14)13-10-6-4-5-7-11(10)18(16,17)15-13/h4-9,12H,1-3H3. The Morgan fingerprint density at radius 3 is 2.33 bits per heavy atom. The molecule has 0 aliphatic carbocycles. The molecule has 0 bridgehead atoms. The van der Waals surface area contributed by atoms with E-state index in [1.54, 1.807) is 12.1 Å². The zero-order valence-electron chi connectivity index (χ0n) is 10.6. The molecule has 1 aliphatic rings. The molecule has 0 saturated carbocycles. The monoisotopic (exact) mass is 329 g/mol. The number of nitrogens with zero attached hydrogens (tertiary/aromatic N) is 1. The van der Waals surface area contributed by atoms with Crippen LogP contribution in [0.25, 0.3) is 0 Å². The van der Waals surface area contributed by atoms with E-state index in [-0.39, 0.29) is 10.7 Å². The molecule has 2 unspecified atom stereocenters. The molecule has 0 amide bonds. The van der Waals surface area contributed by atoms with Gasteiger partial charge in [-0.15, -0.1) is 0 Å². The SMILES string of the molecule is CC(C)C(C1=NS(=O)(=O)c2ccccc21)C(C)Br. The summed E-state index contributed by atoms with van der Waals surface area (Å²) in [5.41, 5.74) is 1.44. The Labute approximate surface area is 117 Å². The second-order valence-electron chi connectivity index (χ2n) is 4.90. The van der Waals surface area contributed by atoms with E-state index in [2.05, 4.69) is 34.2 Å². The van der Waals surface area contributed by atoms with Crippen LogP contribution in [-0.2, 0) is 10.0 Å². The van der Waals surface area contributed by atoms with Gasteiger partial charge in [-0.05, 0) is 12.0 Å². The highest BCUT2D eigenvalue weighted by Crippen LogP contribution is 2.34. The van der Waals surface area contributed by atoms with Gasteiger partial charge in [-0.2, -0.15) is 12.8 Å². The summed E-state index contributed by atoms with van der Waals surface area (Å²) in [5.74, 6) is 0.405. The minimum absolute atomic E-state index is 0.0865. The van der Waals surface area contributed by atoms with Crippen molar-refractivity contribution in [3.8, 4) is 0 Å². The van der Waals surface area contributed by atoms with Gasteiger partial charge in [-0.25, -0.2) is 0 Å². The first-order chi connectivity index (χ1) is 8.34. The molecule has 0 spiro atoms. The number of alkyl halides is 1. The summed E-state index contributed by atoms with van der Waals surface area (Å²) in [6, 6.07) is 7.04. The van der Waals surface area contributed by atoms with Crippen LogP contribution in [0.2, 0.25) is 0 Å². The third-order valence-corrected chi connectivity index (χ3v) is 5.11. The summed E-state index contributed by atoms with van der Waals surface area (Å²) in [6.07, 6.45) is 0. The van der Waals surface area contributed by atoms with Gasteiger partial charge in [0.2, 0.25) is 0 Å². The number of fused-ring (bicyclic) bond motifs is 1. The van der Waals surface area contributed by atoms with E-state index in [0.717, 1.165) is 5.56 Å². The molecular weight excluding hydrogens is 314 g/mol. The van der Waals surface area contributed by atoms with Crippen molar-refractivity contribution in [3.63, 3.8) is 0 Å². The Morgan fingerprint density at radius 1 is 1.17 bits per heavy atom. The molecule has 0 fully saturated rings. The van der Waals surface area contributed by atoms with Crippen LogP contribution in [0.4, 0.5) is 0 Å². The molecule has 0 radical (unpaired) electrons. The lowest BCUT2D eigenvalue weighted by Crippen LogP contribution is -2.27. The predicted molar refractivity (Wildman–Crippen MR) is 76.9 cm³/mol. The third kappa shape index (κ3) is 2.26. The fourth-order valence-corrected chi connectivity index (χ4v) is 4.57. The summed E-state index contributed by atoms with van der Waals surface area (Å²) in [7, 11) is -3.50. The molecule has 2 atom stereocenters. The van der Waals surface area contributed by atoms with Crippen LogP contribution in [0.3, 0.4) is 0 Å². The molecule has 5 heteroatoms. The lowest BCUT2D eigenvalue weighted by atomic mass is 9.85. The van der Waals surface area contributed by atoms with Crippen LogP contribution < -0.4 is 0 Å². The number of halogens is 1. The van der Waals surface area contributed by atoms with Crippen LogP contribution in [0.15, 0.2) is 33.6 Å². The Bertz CT molecular complexity index is 583. The second kappa shape index (κ2) is 4.78.